The van der Waals surface area contributed by atoms with Crippen LogP contribution in [-0.4, -0.2) is 17.1 Å². The minimum atomic E-state index is -0.527. The van der Waals surface area contributed by atoms with Gasteiger partial charge in [-0.25, -0.2) is 0 Å². The highest BCUT2D eigenvalue weighted by Crippen LogP contribution is 2.27. The molecule has 1 unspecified atom stereocenters. The molecule has 1 N–H and O–H groups in total. The largest absolute Gasteiger partial charge is 0.387 e. The Morgan fingerprint density at radius 2 is 1.89 bits per heavy atom. The Morgan fingerprint density at radius 3 is 2.42 bits per heavy atom. The lowest BCUT2D eigenvalue weighted by molar-refractivity contribution is 0.194. The predicted octanol–water partition coefficient (Wildman–Crippen LogP) is 3.52. The molecule has 1 atom stereocenters. The molecule has 2 aromatic rings. The van der Waals surface area contributed by atoms with E-state index in [4.69, 9.17) is 0 Å². The molecule has 3 nitrogen and oxygen atoms in total. The minimum Gasteiger partial charge on any atom is -0.387 e. The van der Waals surface area contributed by atoms with Gasteiger partial charge in [0.05, 0.1) is 23.7 Å². The van der Waals surface area contributed by atoms with Crippen molar-refractivity contribution >= 4 is 11.4 Å². The van der Waals surface area contributed by atoms with Crippen LogP contribution >= 0.6 is 0 Å². The minimum absolute atomic E-state index is 0.527. The number of benzene rings is 1. The summed E-state index contributed by atoms with van der Waals surface area (Å²) in [4.78, 5) is 6.39. The topological polar surface area (TPSA) is 36.4 Å². The Morgan fingerprint density at radius 1 is 1.16 bits per heavy atom. The van der Waals surface area contributed by atoms with E-state index in [9.17, 15) is 5.11 Å². The third kappa shape index (κ3) is 2.93. The zero-order chi connectivity index (χ0) is 14.0. The summed E-state index contributed by atoms with van der Waals surface area (Å²) in [6.07, 6.45) is 1.27. The number of aliphatic hydroxyl groups excluding tert-OH is 1. The second kappa shape index (κ2) is 5.41. The summed E-state index contributed by atoms with van der Waals surface area (Å²) < 4.78 is 0. The van der Waals surface area contributed by atoms with Crippen molar-refractivity contribution in [1.82, 2.24) is 4.98 Å². The fourth-order valence-electron chi connectivity index (χ4n) is 2.16. The van der Waals surface area contributed by atoms with E-state index in [1.807, 2.05) is 19.2 Å². The SMILES string of the molecule is Cc1ccc(N(C)c2ccc(C(C)O)nc2)c(C)c1. The van der Waals surface area contributed by atoms with E-state index in [-0.39, 0.29) is 0 Å². The Balaban J connectivity index is 2.30. The summed E-state index contributed by atoms with van der Waals surface area (Å²) in [5.41, 5.74) is 5.37. The summed E-state index contributed by atoms with van der Waals surface area (Å²) in [7, 11) is 2.02. The number of hydrogen-bond acceptors (Lipinski definition) is 3. The highest BCUT2D eigenvalue weighted by atomic mass is 16.3. The van der Waals surface area contributed by atoms with Crippen LogP contribution in [0, 0.1) is 13.8 Å². The molecule has 1 heterocycles. The van der Waals surface area contributed by atoms with Crippen LogP contribution in [0.3, 0.4) is 0 Å². The number of aliphatic hydroxyl groups is 1. The number of aromatic nitrogens is 1. The molecule has 100 valence electrons. The van der Waals surface area contributed by atoms with Gasteiger partial charge in [-0.2, -0.15) is 0 Å². The third-order valence-electron chi connectivity index (χ3n) is 3.30. The van der Waals surface area contributed by atoms with Crippen molar-refractivity contribution in [2.75, 3.05) is 11.9 Å². The second-order valence-corrected chi connectivity index (χ2v) is 4.97. The van der Waals surface area contributed by atoms with Crippen molar-refractivity contribution in [2.45, 2.75) is 26.9 Å². The summed E-state index contributed by atoms with van der Waals surface area (Å²) in [5.74, 6) is 0. The summed E-state index contributed by atoms with van der Waals surface area (Å²) in [6, 6.07) is 10.2. The average Bonchev–Trinajstić information content (AvgIpc) is 2.38. The van der Waals surface area contributed by atoms with Gasteiger partial charge in [0.2, 0.25) is 0 Å². The van der Waals surface area contributed by atoms with Crippen LogP contribution in [-0.2, 0) is 0 Å². The van der Waals surface area contributed by atoms with Crippen molar-refractivity contribution in [3.63, 3.8) is 0 Å². The maximum atomic E-state index is 9.47. The zero-order valence-corrected chi connectivity index (χ0v) is 11.9. The van der Waals surface area contributed by atoms with Crippen molar-refractivity contribution in [1.29, 1.82) is 0 Å². The molecule has 0 radical (unpaired) electrons. The molecule has 2 rings (SSSR count). The van der Waals surface area contributed by atoms with E-state index in [1.165, 1.54) is 11.1 Å². The van der Waals surface area contributed by atoms with Gasteiger partial charge in [0.1, 0.15) is 0 Å². The first-order valence-electron chi connectivity index (χ1n) is 6.44. The maximum absolute atomic E-state index is 9.47. The first-order valence-corrected chi connectivity index (χ1v) is 6.44. The van der Waals surface area contributed by atoms with Crippen molar-refractivity contribution in [2.24, 2.45) is 0 Å². The van der Waals surface area contributed by atoms with Gasteiger partial charge in [-0.3, -0.25) is 4.98 Å². The predicted molar refractivity (Wildman–Crippen MR) is 78.8 cm³/mol. The maximum Gasteiger partial charge on any atom is 0.0931 e. The zero-order valence-electron chi connectivity index (χ0n) is 11.9. The number of anilines is 2. The molecule has 0 aliphatic carbocycles. The lowest BCUT2D eigenvalue weighted by Gasteiger charge is -2.22. The second-order valence-electron chi connectivity index (χ2n) is 4.97. The van der Waals surface area contributed by atoms with Gasteiger partial charge in [-0.15, -0.1) is 0 Å². The Labute approximate surface area is 114 Å². The molecular formula is C16H20N2O. The smallest absolute Gasteiger partial charge is 0.0931 e. The molecule has 3 heteroatoms. The van der Waals surface area contributed by atoms with Crippen molar-refractivity contribution in [3.8, 4) is 0 Å². The first kappa shape index (κ1) is 13.6. The van der Waals surface area contributed by atoms with E-state index in [0.29, 0.717) is 5.69 Å². The molecule has 0 fully saturated rings. The number of pyridine rings is 1. The quantitative estimate of drug-likeness (QED) is 0.912. The van der Waals surface area contributed by atoms with Crippen LogP contribution in [0.4, 0.5) is 11.4 Å². The average molecular weight is 256 g/mol. The molecular weight excluding hydrogens is 236 g/mol. The number of rotatable bonds is 3. The van der Waals surface area contributed by atoms with Gasteiger partial charge in [0.15, 0.2) is 0 Å². The van der Waals surface area contributed by atoms with Crippen LogP contribution in [0.25, 0.3) is 0 Å². The number of aryl methyl sites for hydroxylation is 2. The molecule has 0 amide bonds. The highest BCUT2D eigenvalue weighted by molar-refractivity contribution is 5.65. The van der Waals surface area contributed by atoms with Gasteiger partial charge >= 0.3 is 0 Å². The van der Waals surface area contributed by atoms with Gasteiger partial charge in [0.25, 0.3) is 0 Å². The summed E-state index contributed by atoms with van der Waals surface area (Å²) >= 11 is 0. The van der Waals surface area contributed by atoms with Crippen LogP contribution in [0.2, 0.25) is 0 Å². The standard InChI is InChI=1S/C16H20N2O/c1-11-5-8-16(12(2)9-11)18(4)14-6-7-15(13(3)19)17-10-14/h5-10,13,19H,1-4H3. The van der Waals surface area contributed by atoms with Gasteiger partial charge in [-0.1, -0.05) is 17.7 Å². The fraction of sp³-hybridized carbons (Fsp3) is 0.312. The summed E-state index contributed by atoms with van der Waals surface area (Å²) in [6.45, 7) is 5.92. The lowest BCUT2D eigenvalue weighted by atomic mass is 10.1. The van der Waals surface area contributed by atoms with E-state index in [1.54, 1.807) is 13.1 Å². The molecule has 0 saturated carbocycles. The fourth-order valence-corrected chi connectivity index (χ4v) is 2.16. The van der Waals surface area contributed by atoms with Crippen LogP contribution in [0.1, 0.15) is 29.8 Å². The molecule has 0 aliphatic heterocycles. The molecule has 0 aliphatic rings. The highest BCUT2D eigenvalue weighted by Gasteiger charge is 2.08. The Hall–Kier alpha value is -1.87. The molecule has 19 heavy (non-hydrogen) atoms. The normalized spacial score (nSPS) is 12.3. The van der Waals surface area contributed by atoms with Crippen molar-refractivity contribution < 1.29 is 5.11 Å². The van der Waals surface area contributed by atoms with Gasteiger partial charge in [0, 0.05) is 12.7 Å². The Bertz CT molecular complexity index is 561. The van der Waals surface area contributed by atoms with Gasteiger partial charge < -0.3 is 10.0 Å². The van der Waals surface area contributed by atoms with Crippen LogP contribution in [0.5, 0.6) is 0 Å². The van der Waals surface area contributed by atoms with E-state index >= 15 is 0 Å². The van der Waals surface area contributed by atoms with E-state index < -0.39 is 6.10 Å². The molecule has 0 saturated heterocycles. The van der Waals surface area contributed by atoms with E-state index in [0.717, 1.165) is 11.4 Å². The van der Waals surface area contributed by atoms with Crippen LogP contribution in [0.15, 0.2) is 36.5 Å². The number of hydrogen-bond donors (Lipinski definition) is 1. The van der Waals surface area contributed by atoms with Crippen molar-refractivity contribution in [3.05, 3.63) is 53.3 Å². The molecule has 1 aromatic carbocycles. The molecule has 0 bridgehead atoms. The van der Waals surface area contributed by atoms with Crippen LogP contribution < -0.4 is 4.90 Å². The monoisotopic (exact) mass is 256 g/mol. The van der Waals surface area contributed by atoms with Gasteiger partial charge in [-0.05, 0) is 44.5 Å². The first-order chi connectivity index (χ1) is 8.99. The molecule has 0 spiro atoms. The summed E-state index contributed by atoms with van der Waals surface area (Å²) in [5, 5.41) is 9.47. The number of nitrogens with zero attached hydrogens (tertiary/aromatic N) is 2. The van der Waals surface area contributed by atoms with E-state index in [2.05, 4.69) is 41.9 Å². The lowest BCUT2D eigenvalue weighted by Crippen LogP contribution is -2.11. The molecule has 1 aromatic heterocycles. The third-order valence-corrected chi connectivity index (χ3v) is 3.30. The Kier molecular flexibility index (Phi) is 3.86.